The van der Waals surface area contributed by atoms with Gasteiger partial charge in [0.25, 0.3) is 0 Å². The molecule has 0 aromatic carbocycles. The summed E-state index contributed by atoms with van der Waals surface area (Å²) < 4.78 is 2.23. The highest BCUT2D eigenvalue weighted by Gasteiger charge is 2.31. The standard InChI is InChI=1S/C16H28N4/c1-19-7-4-14(5-8-19)15-11-18-20(12-15)16-9-13(10-16)3-2-6-17/h11-14,16H,2-10,17H2,1H3. The van der Waals surface area contributed by atoms with E-state index < -0.39 is 0 Å². The van der Waals surface area contributed by atoms with Gasteiger partial charge in [-0.2, -0.15) is 5.10 Å². The maximum absolute atomic E-state index is 5.58. The van der Waals surface area contributed by atoms with Gasteiger partial charge < -0.3 is 10.6 Å². The first-order chi connectivity index (χ1) is 9.76. The fraction of sp³-hybridized carbons (Fsp3) is 0.812. The Kier molecular flexibility index (Phi) is 4.41. The highest BCUT2D eigenvalue weighted by molar-refractivity contribution is 5.13. The van der Waals surface area contributed by atoms with E-state index in [-0.39, 0.29) is 0 Å². The molecule has 0 atom stereocenters. The summed E-state index contributed by atoms with van der Waals surface area (Å²) in [7, 11) is 2.22. The van der Waals surface area contributed by atoms with Gasteiger partial charge in [-0.1, -0.05) is 0 Å². The van der Waals surface area contributed by atoms with Gasteiger partial charge in [-0.25, -0.2) is 0 Å². The molecule has 2 heterocycles. The number of hydrogen-bond acceptors (Lipinski definition) is 3. The van der Waals surface area contributed by atoms with Crippen molar-refractivity contribution in [1.82, 2.24) is 14.7 Å². The van der Waals surface area contributed by atoms with Crippen molar-refractivity contribution in [3.63, 3.8) is 0 Å². The zero-order valence-electron chi connectivity index (χ0n) is 12.7. The molecule has 1 saturated carbocycles. The Morgan fingerprint density at radius 1 is 1.30 bits per heavy atom. The van der Waals surface area contributed by atoms with E-state index in [1.165, 1.54) is 57.2 Å². The van der Waals surface area contributed by atoms with Crippen molar-refractivity contribution >= 4 is 0 Å². The van der Waals surface area contributed by atoms with Crippen LogP contribution < -0.4 is 5.73 Å². The Morgan fingerprint density at radius 3 is 2.75 bits per heavy atom. The maximum atomic E-state index is 5.58. The third-order valence-electron chi connectivity index (χ3n) is 5.21. The summed E-state index contributed by atoms with van der Waals surface area (Å²) in [6, 6.07) is 0.651. The first kappa shape index (κ1) is 14.1. The summed E-state index contributed by atoms with van der Waals surface area (Å²) in [5.74, 6) is 1.62. The number of piperidine rings is 1. The molecule has 2 N–H and O–H groups in total. The number of nitrogens with zero attached hydrogens (tertiary/aromatic N) is 3. The molecule has 4 heteroatoms. The molecule has 0 spiro atoms. The van der Waals surface area contributed by atoms with Crippen molar-refractivity contribution in [1.29, 1.82) is 0 Å². The lowest BCUT2D eigenvalue weighted by atomic mass is 9.77. The predicted molar refractivity (Wildman–Crippen MR) is 81.7 cm³/mol. The van der Waals surface area contributed by atoms with Crippen LogP contribution in [0, 0.1) is 5.92 Å². The van der Waals surface area contributed by atoms with E-state index in [1.807, 2.05) is 0 Å². The Morgan fingerprint density at radius 2 is 2.05 bits per heavy atom. The van der Waals surface area contributed by atoms with Crippen molar-refractivity contribution in [2.75, 3.05) is 26.7 Å². The predicted octanol–water partition coefficient (Wildman–Crippen LogP) is 2.38. The normalized spacial score (nSPS) is 28.5. The first-order valence-corrected chi connectivity index (χ1v) is 8.19. The Balaban J connectivity index is 1.51. The smallest absolute Gasteiger partial charge is 0.0524 e. The summed E-state index contributed by atoms with van der Waals surface area (Å²) in [5.41, 5.74) is 7.04. The zero-order valence-corrected chi connectivity index (χ0v) is 12.7. The van der Waals surface area contributed by atoms with Crippen LogP contribution in [0.5, 0.6) is 0 Å². The molecule has 0 bridgehead atoms. The third-order valence-corrected chi connectivity index (χ3v) is 5.21. The molecular weight excluding hydrogens is 248 g/mol. The Labute approximate surface area is 122 Å². The summed E-state index contributed by atoms with van der Waals surface area (Å²) in [4.78, 5) is 2.43. The SMILES string of the molecule is CN1CCC(c2cnn(C3CC(CCCN)C3)c2)CC1. The van der Waals surface area contributed by atoms with Crippen LogP contribution in [-0.4, -0.2) is 41.4 Å². The maximum Gasteiger partial charge on any atom is 0.0524 e. The molecule has 1 aliphatic heterocycles. The van der Waals surface area contributed by atoms with Crippen molar-refractivity contribution in [3.05, 3.63) is 18.0 Å². The molecule has 112 valence electrons. The Bertz CT molecular complexity index is 414. The van der Waals surface area contributed by atoms with Crippen LogP contribution in [0.4, 0.5) is 0 Å². The Hall–Kier alpha value is -0.870. The van der Waals surface area contributed by atoms with Crippen LogP contribution in [0.15, 0.2) is 12.4 Å². The lowest BCUT2D eigenvalue weighted by molar-refractivity contribution is 0.171. The minimum Gasteiger partial charge on any atom is -0.330 e. The molecule has 3 rings (SSSR count). The number of aromatic nitrogens is 2. The minimum atomic E-state index is 0.651. The highest BCUT2D eigenvalue weighted by Crippen LogP contribution is 2.40. The van der Waals surface area contributed by atoms with Gasteiger partial charge in [0.15, 0.2) is 0 Å². The molecule has 20 heavy (non-hydrogen) atoms. The molecule has 2 fully saturated rings. The van der Waals surface area contributed by atoms with Crippen LogP contribution in [0.25, 0.3) is 0 Å². The van der Waals surface area contributed by atoms with Crippen LogP contribution in [0.2, 0.25) is 0 Å². The summed E-state index contributed by atoms with van der Waals surface area (Å²) in [6.45, 7) is 3.28. The van der Waals surface area contributed by atoms with Gasteiger partial charge in [0.05, 0.1) is 12.2 Å². The molecule has 2 aliphatic rings. The number of likely N-dealkylation sites (tertiary alicyclic amines) is 1. The van der Waals surface area contributed by atoms with Gasteiger partial charge in [0, 0.05) is 6.20 Å². The summed E-state index contributed by atoms with van der Waals surface area (Å²) in [5, 5.41) is 4.63. The van der Waals surface area contributed by atoms with Crippen molar-refractivity contribution in [3.8, 4) is 0 Å². The molecule has 1 aromatic heterocycles. The second-order valence-electron chi connectivity index (χ2n) is 6.75. The van der Waals surface area contributed by atoms with E-state index in [2.05, 4.69) is 34.1 Å². The lowest BCUT2D eigenvalue weighted by Crippen LogP contribution is -2.29. The van der Waals surface area contributed by atoms with Crippen molar-refractivity contribution in [2.45, 2.75) is 50.5 Å². The lowest BCUT2D eigenvalue weighted by Gasteiger charge is -2.35. The zero-order chi connectivity index (χ0) is 13.9. The quantitative estimate of drug-likeness (QED) is 0.898. The molecular formula is C16H28N4. The van der Waals surface area contributed by atoms with Gasteiger partial charge in [-0.15, -0.1) is 0 Å². The van der Waals surface area contributed by atoms with Gasteiger partial charge in [0.2, 0.25) is 0 Å². The molecule has 0 radical (unpaired) electrons. The average molecular weight is 276 g/mol. The summed E-state index contributed by atoms with van der Waals surface area (Å²) >= 11 is 0. The molecule has 0 amide bonds. The van der Waals surface area contributed by atoms with E-state index in [4.69, 9.17) is 5.73 Å². The van der Waals surface area contributed by atoms with E-state index in [9.17, 15) is 0 Å². The van der Waals surface area contributed by atoms with E-state index in [1.54, 1.807) is 0 Å². The molecule has 0 unspecified atom stereocenters. The van der Waals surface area contributed by atoms with E-state index >= 15 is 0 Å². The van der Waals surface area contributed by atoms with E-state index in [0.29, 0.717) is 6.04 Å². The van der Waals surface area contributed by atoms with Crippen LogP contribution in [0.1, 0.15) is 56.0 Å². The van der Waals surface area contributed by atoms with Crippen LogP contribution in [0.3, 0.4) is 0 Å². The second-order valence-corrected chi connectivity index (χ2v) is 6.75. The van der Waals surface area contributed by atoms with Crippen molar-refractivity contribution in [2.24, 2.45) is 11.7 Å². The fourth-order valence-corrected chi connectivity index (χ4v) is 3.66. The largest absolute Gasteiger partial charge is 0.330 e. The minimum absolute atomic E-state index is 0.651. The second kappa shape index (κ2) is 6.27. The fourth-order valence-electron chi connectivity index (χ4n) is 3.66. The van der Waals surface area contributed by atoms with Gasteiger partial charge in [-0.3, -0.25) is 4.68 Å². The van der Waals surface area contributed by atoms with Gasteiger partial charge >= 0.3 is 0 Å². The van der Waals surface area contributed by atoms with Crippen LogP contribution >= 0.6 is 0 Å². The third kappa shape index (κ3) is 3.07. The van der Waals surface area contributed by atoms with Crippen molar-refractivity contribution < 1.29 is 0 Å². The first-order valence-electron chi connectivity index (χ1n) is 8.19. The van der Waals surface area contributed by atoms with Gasteiger partial charge in [0.1, 0.15) is 0 Å². The average Bonchev–Trinajstić information content (AvgIpc) is 2.87. The number of nitrogens with two attached hydrogens (primary N) is 1. The van der Waals surface area contributed by atoms with E-state index in [0.717, 1.165) is 18.4 Å². The molecule has 4 nitrogen and oxygen atoms in total. The topological polar surface area (TPSA) is 47.1 Å². The van der Waals surface area contributed by atoms with Gasteiger partial charge in [-0.05, 0) is 82.6 Å². The number of hydrogen-bond donors (Lipinski definition) is 1. The molecule has 1 aromatic rings. The highest BCUT2D eigenvalue weighted by atomic mass is 15.3. The van der Waals surface area contributed by atoms with Crippen LogP contribution in [-0.2, 0) is 0 Å². The number of rotatable bonds is 5. The molecule has 1 aliphatic carbocycles. The molecule has 1 saturated heterocycles. The monoisotopic (exact) mass is 276 g/mol. The summed E-state index contributed by atoms with van der Waals surface area (Å²) in [6.07, 6.45) is 12.1.